The number of amides is 2. The number of halogens is 4. The number of carbonyl (C=O) groups is 2. The molecule has 0 aliphatic carbocycles. The van der Waals surface area contributed by atoms with Crippen molar-refractivity contribution in [3.8, 4) is 5.75 Å². The summed E-state index contributed by atoms with van der Waals surface area (Å²) < 4.78 is 5.78. The largest absolute Gasteiger partial charge is 0.487 e. The molecule has 1 fully saturated rings. The molecule has 0 bridgehead atoms. The fraction of sp³-hybridized carbons (Fsp3) is 0.0833. The van der Waals surface area contributed by atoms with Crippen molar-refractivity contribution >= 4 is 75.4 Å². The number of imide groups is 1. The maximum absolute atomic E-state index is 12.8. The van der Waals surface area contributed by atoms with E-state index in [4.69, 9.17) is 51.1 Å². The molecule has 9 heteroatoms. The van der Waals surface area contributed by atoms with Crippen LogP contribution in [0.15, 0.2) is 65.6 Å². The van der Waals surface area contributed by atoms with E-state index in [1.165, 1.54) is 4.90 Å². The van der Waals surface area contributed by atoms with Crippen molar-refractivity contribution in [2.45, 2.75) is 13.2 Å². The Balaban J connectivity index is 1.46. The molecule has 2 amide bonds. The van der Waals surface area contributed by atoms with E-state index >= 15 is 0 Å². The normalized spacial score (nSPS) is 14.9. The van der Waals surface area contributed by atoms with Crippen LogP contribution in [0.5, 0.6) is 5.75 Å². The molecular weight excluding hydrogens is 524 g/mol. The second-order valence-electron chi connectivity index (χ2n) is 7.09. The van der Waals surface area contributed by atoms with Crippen molar-refractivity contribution in [2.75, 3.05) is 0 Å². The van der Waals surface area contributed by atoms with Crippen LogP contribution in [0.2, 0.25) is 20.1 Å². The molecule has 0 N–H and O–H groups in total. The van der Waals surface area contributed by atoms with Crippen LogP contribution in [0.1, 0.15) is 16.7 Å². The van der Waals surface area contributed by atoms with Crippen LogP contribution < -0.4 is 4.74 Å². The van der Waals surface area contributed by atoms with E-state index in [2.05, 4.69) is 0 Å². The van der Waals surface area contributed by atoms with Gasteiger partial charge in [-0.05, 0) is 59.3 Å². The lowest BCUT2D eigenvalue weighted by Gasteiger charge is -2.13. The summed E-state index contributed by atoms with van der Waals surface area (Å²) in [5, 5.41) is 1.41. The summed E-state index contributed by atoms with van der Waals surface area (Å²) in [5.41, 5.74) is 2.22. The Morgan fingerprint density at radius 2 is 1.64 bits per heavy atom. The van der Waals surface area contributed by atoms with Crippen LogP contribution in [0.4, 0.5) is 4.79 Å². The van der Waals surface area contributed by atoms with Crippen LogP contribution >= 0.6 is 58.2 Å². The molecule has 3 aromatic rings. The monoisotopic (exact) mass is 537 g/mol. The third-order valence-electron chi connectivity index (χ3n) is 4.79. The van der Waals surface area contributed by atoms with Crippen molar-refractivity contribution in [3.63, 3.8) is 0 Å². The van der Waals surface area contributed by atoms with Gasteiger partial charge in [-0.1, -0.05) is 76.7 Å². The van der Waals surface area contributed by atoms with Crippen LogP contribution in [0, 0.1) is 0 Å². The first-order valence-electron chi connectivity index (χ1n) is 9.67. The van der Waals surface area contributed by atoms with Gasteiger partial charge in [-0.25, -0.2) is 0 Å². The van der Waals surface area contributed by atoms with E-state index in [1.54, 1.807) is 48.5 Å². The first-order chi connectivity index (χ1) is 15.8. The third-order valence-corrected chi connectivity index (χ3v) is 7.10. The number of hydrogen-bond donors (Lipinski definition) is 0. The standard InChI is InChI=1S/C24H15Cl4NO3S/c25-17-4-2-1-3-16(17)13-32-21-8-6-14(9-20(21)28)11-22-23(30)29(24(31)33-22)12-15-5-7-18(26)19(27)10-15/h1-11H,12-13H2/b22-11-. The minimum atomic E-state index is -0.383. The van der Waals surface area contributed by atoms with Crippen LogP contribution in [0.3, 0.4) is 0 Å². The van der Waals surface area contributed by atoms with Crippen molar-refractivity contribution < 1.29 is 14.3 Å². The smallest absolute Gasteiger partial charge is 0.293 e. The number of rotatable bonds is 6. The molecule has 168 valence electrons. The van der Waals surface area contributed by atoms with Crippen LogP contribution in [0.25, 0.3) is 6.08 Å². The average Bonchev–Trinajstić information content (AvgIpc) is 3.04. The Kier molecular flexibility index (Phi) is 7.57. The Labute approximate surface area is 215 Å². The zero-order valence-electron chi connectivity index (χ0n) is 16.9. The third kappa shape index (κ3) is 5.68. The van der Waals surface area contributed by atoms with E-state index < -0.39 is 0 Å². The molecular formula is C24H15Cl4NO3S. The maximum atomic E-state index is 12.8. The number of benzene rings is 3. The Morgan fingerprint density at radius 3 is 2.36 bits per heavy atom. The summed E-state index contributed by atoms with van der Waals surface area (Å²) in [6, 6.07) is 17.5. The van der Waals surface area contributed by atoms with Gasteiger partial charge in [-0.15, -0.1) is 0 Å². The highest BCUT2D eigenvalue weighted by atomic mass is 35.5. The molecule has 0 saturated carbocycles. The van der Waals surface area contributed by atoms with Gasteiger partial charge in [-0.3, -0.25) is 14.5 Å². The van der Waals surface area contributed by atoms with Gasteiger partial charge in [0.25, 0.3) is 11.1 Å². The topological polar surface area (TPSA) is 46.6 Å². The number of carbonyl (C=O) groups excluding carboxylic acids is 2. The maximum Gasteiger partial charge on any atom is 0.293 e. The molecule has 1 aliphatic rings. The van der Waals surface area contributed by atoms with Gasteiger partial charge in [0.15, 0.2) is 0 Å². The molecule has 0 spiro atoms. The Hall–Kier alpha value is -2.15. The van der Waals surface area contributed by atoms with Crippen LogP contribution in [-0.2, 0) is 17.9 Å². The fourth-order valence-corrected chi connectivity index (χ4v) is 4.70. The Bertz CT molecular complexity index is 1280. The van der Waals surface area contributed by atoms with Crippen molar-refractivity contribution in [1.82, 2.24) is 4.90 Å². The van der Waals surface area contributed by atoms with Gasteiger partial charge in [0, 0.05) is 10.6 Å². The summed E-state index contributed by atoms with van der Waals surface area (Å²) in [7, 11) is 0. The molecule has 4 nitrogen and oxygen atoms in total. The highest BCUT2D eigenvalue weighted by Crippen LogP contribution is 2.35. The molecule has 0 aromatic heterocycles. The Morgan fingerprint density at radius 1 is 0.848 bits per heavy atom. The minimum Gasteiger partial charge on any atom is -0.487 e. The van der Waals surface area contributed by atoms with Gasteiger partial charge in [-0.2, -0.15) is 0 Å². The zero-order valence-corrected chi connectivity index (χ0v) is 20.7. The van der Waals surface area contributed by atoms with Gasteiger partial charge in [0.2, 0.25) is 0 Å². The molecule has 1 heterocycles. The molecule has 1 aliphatic heterocycles. The second-order valence-corrected chi connectivity index (χ2v) is 9.71. The van der Waals surface area contributed by atoms with E-state index in [1.807, 2.05) is 18.2 Å². The van der Waals surface area contributed by atoms with E-state index in [0.29, 0.717) is 41.9 Å². The summed E-state index contributed by atoms with van der Waals surface area (Å²) in [6.07, 6.45) is 1.63. The van der Waals surface area contributed by atoms with E-state index in [-0.39, 0.29) is 24.3 Å². The molecule has 3 aromatic carbocycles. The quantitative estimate of drug-likeness (QED) is 0.297. The molecule has 0 radical (unpaired) electrons. The van der Waals surface area contributed by atoms with Crippen LogP contribution in [-0.4, -0.2) is 16.0 Å². The van der Waals surface area contributed by atoms with Crippen molar-refractivity contribution in [3.05, 3.63) is 102 Å². The second kappa shape index (κ2) is 10.4. The first-order valence-corrected chi connectivity index (χ1v) is 12.0. The number of nitrogens with zero attached hydrogens (tertiary/aromatic N) is 1. The number of ether oxygens (including phenoxy) is 1. The average molecular weight is 539 g/mol. The summed E-state index contributed by atoms with van der Waals surface area (Å²) in [6.45, 7) is 0.376. The summed E-state index contributed by atoms with van der Waals surface area (Å²) in [5.74, 6) is 0.104. The highest BCUT2D eigenvalue weighted by Gasteiger charge is 2.35. The summed E-state index contributed by atoms with van der Waals surface area (Å²) in [4.78, 5) is 26.7. The summed E-state index contributed by atoms with van der Waals surface area (Å²) >= 11 is 25.4. The van der Waals surface area contributed by atoms with Crippen molar-refractivity contribution in [2.24, 2.45) is 0 Å². The van der Waals surface area contributed by atoms with Gasteiger partial charge in [0.05, 0.1) is 26.5 Å². The number of hydrogen-bond acceptors (Lipinski definition) is 4. The van der Waals surface area contributed by atoms with Crippen molar-refractivity contribution in [1.29, 1.82) is 0 Å². The lowest BCUT2D eigenvalue weighted by atomic mass is 10.2. The fourth-order valence-electron chi connectivity index (χ4n) is 3.10. The predicted molar refractivity (Wildman–Crippen MR) is 135 cm³/mol. The zero-order chi connectivity index (χ0) is 23.5. The van der Waals surface area contributed by atoms with Gasteiger partial charge in [0.1, 0.15) is 12.4 Å². The molecule has 33 heavy (non-hydrogen) atoms. The SMILES string of the molecule is O=C1S/C(=C\c2ccc(OCc3ccccc3Cl)c(Cl)c2)C(=O)N1Cc1ccc(Cl)c(Cl)c1. The molecule has 4 rings (SSSR count). The predicted octanol–water partition coefficient (Wildman–Crippen LogP) is 8.12. The lowest BCUT2D eigenvalue weighted by Crippen LogP contribution is -2.27. The molecule has 0 unspecified atom stereocenters. The van der Waals surface area contributed by atoms with E-state index in [9.17, 15) is 9.59 Å². The first kappa shape index (κ1) is 24.0. The van der Waals surface area contributed by atoms with Gasteiger partial charge >= 0.3 is 0 Å². The van der Waals surface area contributed by atoms with Gasteiger partial charge < -0.3 is 4.74 Å². The lowest BCUT2D eigenvalue weighted by molar-refractivity contribution is -0.123. The van der Waals surface area contributed by atoms with E-state index in [0.717, 1.165) is 17.3 Å². The number of thioether (sulfide) groups is 1. The molecule has 0 atom stereocenters. The highest BCUT2D eigenvalue weighted by molar-refractivity contribution is 8.18. The molecule has 1 saturated heterocycles. The minimum absolute atomic E-state index is 0.106.